The van der Waals surface area contributed by atoms with Gasteiger partial charge in [-0.05, 0) is 49.1 Å². The van der Waals surface area contributed by atoms with E-state index >= 15 is 0 Å². The van der Waals surface area contributed by atoms with E-state index in [0.717, 1.165) is 18.8 Å². The summed E-state index contributed by atoms with van der Waals surface area (Å²) in [6.07, 6.45) is 4.38. The molecule has 1 rings (SSSR count). The summed E-state index contributed by atoms with van der Waals surface area (Å²) in [4.78, 5) is 11.2. The zero-order valence-corrected chi connectivity index (χ0v) is 9.53. The third-order valence-corrected chi connectivity index (χ3v) is 3.58. The fraction of sp³-hybridized carbons (Fsp3) is 0.909. The third-order valence-electron chi connectivity index (χ3n) is 3.12. The molecule has 0 bridgehead atoms. The minimum Gasteiger partial charge on any atom is -0.281 e. The van der Waals surface area contributed by atoms with Gasteiger partial charge in [-0.2, -0.15) is 0 Å². The highest BCUT2D eigenvalue weighted by Gasteiger charge is 2.39. The van der Waals surface area contributed by atoms with Gasteiger partial charge in [0.1, 0.15) is 0 Å². The zero-order valence-electron chi connectivity index (χ0n) is 8.77. The minimum absolute atomic E-state index is 0.140. The van der Waals surface area contributed by atoms with Crippen molar-refractivity contribution in [1.82, 2.24) is 0 Å². The number of carbonyl (C=O) groups excluding carboxylic acids is 1. The summed E-state index contributed by atoms with van der Waals surface area (Å²) in [5.41, 5.74) is -0.221. The third kappa shape index (κ3) is 2.70. The quantitative estimate of drug-likeness (QED) is 0.640. The van der Waals surface area contributed by atoms with Crippen LogP contribution in [-0.4, -0.2) is 5.24 Å². The van der Waals surface area contributed by atoms with Crippen LogP contribution in [0.25, 0.3) is 0 Å². The molecule has 0 amide bonds. The van der Waals surface area contributed by atoms with Gasteiger partial charge in [-0.25, -0.2) is 0 Å². The summed E-state index contributed by atoms with van der Waals surface area (Å²) >= 11 is 5.59. The lowest BCUT2D eigenvalue weighted by Gasteiger charge is -2.19. The van der Waals surface area contributed by atoms with Crippen molar-refractivity contribution >= 4 is 16.8 Å². The number of hydrogen-bond donors (Lipinski definition) is 0. The molecule has 1 aliphatic rings. The molecule has 0 radical (unpaired) electrons. The fourth-order valence-electron chi connectivity index (χ4n) is 2.41. The molecule has 0 saturated heterocycles. The van der Waals surface area contributed by atoms with Gasteiger partial charge < -0.3 is 0 Å². The molecule has 0 heterocycles. The molecule has 0 spiro atoms. The highest BCUT2D eigenvalue weighted by atomic mass is 35.5. The van der Waals surface area contributed by atoms with Gasteiger partial charge in [0.25, 0.3) is 0 Å². The minimum atomic E-state index is -0.221. The highest BCUT2D eigenvalue weighted by Crippen LogP contribution is 2.45. The Kier molecular flexibility index (Phi) is 3.39. The topological polar surface area (TPSA) is 17.1 Å². The molecule has 76 valence electrons. The van der Waals surface area contributed by atoms with Crippen molar-refractivity contribution in [3.05, 3.63) is 0 Å². The van der Waals surface area contributed by atoms with Crippen LogP contribution >= 0.6 is 11.6 Å². The first-order valence-electron chi connectivity index (χ1n) is 5.14. The molecule has 2 unspecified atom stereocenters. The van der Waals surface area contributed by atoms with Gasteiger partial charge in [-0.1, -0.05) is 20.8 Å². The second-order valence-electron chi connectivity index (χ2n) is 5.07. The molecule has 1 saturated carbocycles. The Labute approximate surface area is 85.8 Å². The number of halogens is 1. The molecule has 0 aromatic rings. The molecule has 2 atom stereocenters. The molecule has 1 aliphatic carbocycles. The number of carbonyl (C=O) groups is 1. The molecule has 1 fully saturated rings. The molecular formula is C11H19ClO. The van der Waals surface area contributed by atoms with Crippen LogP contribution < -0.4 is 0 Å². The highest BCUT2D eigenvalue weighted by molar-refractivity contribution is 6.64. The predicted molar refractivity (Wildman–Crippen MR) is 55.8 cm³/mol. The lowest BCUT2D eigenvalue weighted by atomic mass is 9.87. The Balaban J connectivity index is 2.48. The Morgan fingerprint density at radius 2 is 2.23 bits per heavy atom. The average molecular weight is 203 g/mol. The van der Waals surface area contributed by atoms with Crippen LogP contribution in [-0.2, 0) is 4.79 Å². The smallest absolute Gasteiger partial charge is 0.227 e. The summed E-state index contributed by atoms with van der Waals surface area (Å²) in [6.45, 7) is 6.47. The summed E-state index contributed by atoms with van der Waals surface area (Å²) in [5, 5.41) is -0.140. The molecule has 0 aromatic heterocycles. The van der Waals surface area contributed by atoms with E-state index in [1.54, 1.807) is 0 Å². The van der Waals surface area contributed by atoms with Crippen LogP contribution in [0, 0.1) is 17.3 Å². The molecule has 1 nitrogen and oxygen atoms in total. The van der Waals surface area contributed by atoms with Gasteiger partial charge in [-0.3, -0.25) is 4.79 Å². The van der Waals surface area contributed by atoms with E-state index in [0.29, 0.717) is 5.92 Å². The number of hydrogen-bond acceptors (Lipinski definition) is 1. The van der Waals surface area contributed by atoms with E-state index in [1.165, 1.54) is 12.8 Å². The van der Waals surface area contributed by atoms with E-state index in [-0.39, 0.29) is 10.7 Å². The lowest BCUT2D eigenvalue weighted by molar-refractivity contribution is -0.119. The maximum atomic E-state index is 11.2. The summed E-state index contributed by atoms with van der Waals surface area (Å²) in [6, 6.07) is 0. The van der Waals surface area contributed by atoms with Crippen molar-refractivity contribution in [2.24, 2.45) is 17.3 Å². The monoisotopic (exact) mass is 202 g/mol. The predicted octanol–water partition coefficient (Wildman–Crippen LogP) is 3.60. The van der Waals surface area contributed by atoms with Crippen LogP contribution in [0.1, 0.15) is 46.5 Å². The first kappa shape index (κ1) is 11.0. The van der Waals surface area contributed by atoms with Crippen LogP contribution in [0.15, 0.2) is 0 Å². The first-order valence-corrected chi connectivity index (χ1v) is 5.52. The Morgan fingerprint density at radius 3 is 2.62 bits per heavy atom. The zero-order chi connectivity index (χ0) is 10.1. The summed E-state index contributed by atoms with van der Waals surface area (Å²) in [5.74, 6) is 1.45. The van der Waals surface area contributed by atoms with Crippen LogP contribution in [0.2, 0.25) is 0 Å². The summed E-state index contributed by atoms with van der Waals surface area (Å²) < 4.78 is 0. The maximum Gasteiger partial charge on any atom is 0.227 e. The normalized spacial score (nSPS) is 34.1. The first-order chi connectivity index (χ1) is 5.94. The molecule has 2 heteroatoms. The van der Waals surface area contributed by atoms with Crippen molar-refractivity contribution in [3.63, 3.8) is 0 Å². The number of rotatable bonds is 3. The Bertz CT molecular complexity index is 200. The average Bonchev–Trinajstić information content (AvgIpc) is 2.32. The van der Waals surface area contributed by atoms with Gasteiger partial charge in [0.2, 0.25) is 5.24 Å². The molecule has 13 heavy (non-hydrogen) atoms. The van der Waals surface area contributed by atoms with Gasteiger partial charge in [0.05, 0.1) is 0 Å². The van der Waals surface area contributed by atoms with Gasteiger partial charge in [-0.15, -0.1) is 0 Å². The lowest BCUT2D eigenvalue weighted by Crippen LogP contribution is -2.20. The molecule has 0 aliphatic heterocycles. The standard InChI is InChI=1S/C11H19ClO/c1-8(2)6-9-4-5-11(3,7-9)10(12)13/h8-9H,4-7H2,1-3H3. The second kappa shape index (κ2) is 4.00. The molecule has 0 aromatic carbocycles. The van der Waals surface area contributed by atoms with Gasteiger partial charge in [0.15, 0.2) is 0 Å². The van der Waals surface area contributed by atoms with E-state index in [4.69, 9.17) is 11.6 Å². The van der Waals surface area contributed by atoms with Crippen LogP contribution in [0.5, 0.6) is 0 Å². The van der Waals surface area contributed by atoms with Crippen molar-refractivity contribution in [2.45, 2.75) is 46.5 Å². The maximum absolute atomic E-state index is 11.2. The van der Waals surface area contributed by atoms with Crippen LogP contribution in [0.3, 0.4) is 0 Å². The Hall–Kier alpha value is -0.0400. The van der Waals surface area contributed by atoms with Crippen molar-refractivity contribution in [3.8, 4) is 0 Å². The SMILES string of the molecule is CC(C)CC1CCC(C)(C(=O)Cl)C1. The molecule has 0 N–H and O–H groups in total. The van der Waals surface area contributed by atoms with Crippen LogP contribution in [0.4, 0.5) is 0 Å². The largest absolute Gasteiger partial charge is 0.281 e. The van der Waals surface area contributed by atoms with Gasteiger partial charge in [0, 0.05) is 5.41 Å². The molecular weight excluding hydrogens is 184 g/mol. The van der Waals surface area contributed by atoms with E-state index in [9.17, 15) is 4.79 Å². The second-order valence-corrected chi connectivity index (χ2v) is 5.42. The van der Waals surface area contributed by atoms with E-state index < -0.39 is 0 Å². The Morgan fingerprint density at radius 1 is 1.62 bits per heavy atom. The van der Waals surface area contributed by atoms with E-state index in [1.807, 2.05) is 6.92 Å². The van der Waals surface area contributed by atoms with Gasteiger partial charge >= 0.3 is 0 Å². The van der Waals surface area contributed by atoms with Crippen molar-refractivity contribution < 1.29 is 4.79 Å². The van der Waals surface area contributed by atoms with Crippen molar-refractivity contribution in [2.75, 3.05) is 0 Å². The van der Waals surface area contributed by atoms with Crippen molar-refractivity contribution in [1.29, 1.82) is 0 Å². The van der Waals surface area contributed by atoms with E-state index in [2.05, 4.69) is 13.8 Å². The fourth-order valence-corrected chi connectivity index (χ4v) is 2.58. The summed E-state index contributed by atoms with van der Waals surface area (Å²) in [7, 11) is 0.